The van der Waals surface area contributed by atoms with Crippen molar-refractivity contribution in [3.05, 3.63) is 108 Å². The highest BCUT2D eigenvalue weighted by atomic mass is 32.2. The molecule has 12 heteroatoms. The smallest absolute Gasteiger partial charge is 0.265 e. The number of hydrogen-bond donors (Lipinski definition) is 1. The minimum atomic E-state index is -4.49. The summed E-state index contributed by atoms with van der Waals surface area (Å²) in [4.78, 5) is 30.6. The third kappa shape index (κ3) is 8.97. The molecule has 5 rings (SSSR count). The fourth-order valence-electron chi connectivity index (χ4n) is 6.54. The Morgan fingerprint density at radius 3 is 2.10 bits per heavy atom. The van der Waals surface area contributed by atoms with E-state index >= 15 is 0 Å². The zero-order valence-corrected chi connectivity index (χ0v) is 31.1. The summed E-state index contributed by atoms with van der Waals surface area (Å²) in [5, 5.41) is 3.20. The molecule has 4 aromatic rings. The van der Waals surface area contributed by atoms with E-state index in [1.54, 1.807) is 12.1 Å². The van der Waals surface area contributed by atoms with E-state index in [1.807, 2.05) is 61.5 Å². The third-order valence-corrected chi connectivity index (χ3v) is 11.0. The summed E-state index contributed by atoms with van der Waals surface area (Å²) in [6.45, 7) is 1.36. The van der Waals surface area contributed by atoms with Crippen LogP contribution in [0.5, 0.6) is 23.0 Å². The molecule has 52 heavy (non-hydrogen) atoms. The predicted molar refractivity (Wildman–Crippen MR) is 200 cm³/mol. The predicted octanol–water partition coefficient (Wildman–Crippen LogP) is 5.92. The maximum absolute atomic E-state index is 15.0. The van der Waals surface area contributed by atoms with Crippen LogP contribution < -0.4 is 28.6 Å². The van der Waals surface area contributed by atoms with Crippen molar-refractivity contribution >= 4 is 27.5 Å². The average molecular weight is 730 g/mol. The maximum atomic E-state index is 15.0. The van der Waals surface area contributed by atoms with E-state index in [2.05, 4.69) is 5.32 Å². The van der Waals surface area contributed by atoms with Crippen molar-refractivity contribution < 1.29 is 37.0 Å². The van der Waals surface area contributed by atoms with Crippen LogP contribution in [-0.4, -0.2) is 72.2 Å². The Hall–Kier alpha value is -5.23. The van der Waals surface area contributed by atoms with Gasteiger partial charge in [-0.1, -0.05) is 73.0 Å². The second-order valence-corrected chi connectivity index (χ2v) is 14.6. The highest BCUT2D eigenvalue weighted by molar-refractivity contribution is 7.92. The number of sulfonamides is 1. The molecule has 0 radical (unpaired) electrons. The molecular weight excluding hydrogens is 683 g/mol. The van der Waals surface area contributed by atoms with Gasteiger partial charge in [0.1, 0.15) is 24.1 Å². The number of carbonyl (C=O) groups excluding carboxylic acids is 2. The molecule has 1 atom stereocenters. The monoisotopic (exact) mass is 729 g/mol. The number of anilines is 1. The van der Waals surface area contributed by atoms with E-state index in [1.165, 1.54) is 57.6 Å². The van der Waals surface area contributed by atoms with Gasteiger partial charge in [0.15, 0.2) is 11.5 Å². The Bertz CT molecular complexity index is 1950. The highest BCUT2D eigenvalue weighted by Gasteiger charge is 2.37. The fourth-order valence-corrected chi connectivity index (χ4v) is 7.97. The van der Waals surface area contributed by atoms with E-state index < -0.39 is 28.5 Å². The highest BCUT2D eigenvalue weighted by Crippen LogP contribution is 2.38. The molecule has 0 saturated heterocycles. The lowest BCUT2D eigenvalue weighted by atomic mass is 10.0. The van der Waals surface area contributed by atoms with Crippen molar-refractivity contribution in [2.45, 2.75) is 62.6 Å². The zero-order chi connectivity index (χ0) is 37.3. The molecular formula is C40H47N3O8S. The van der Waals surface area contributed by atoms with Crippen LogP contribution in [-0.2, 0) is 32.6 Å². The van der Waals surface area contributed by atoms with E-state index in [9.17, 15) is 18.0 Å². The lowest BCUT2D eigenvalue weighted by molar-refractivity contribution is -0.140. The van der Waals surface area contributed by atoms with Crippen LogP contribution in [0, 0.1) is 6.92 Å². The first-order valence-electron chi connectivity index (χ1n) is 17.2. The van der Waals surface area contributed by atoms with Crippen molar-refractivity contribution in [2.75, 3.05) is 39.3 Å². The largest absolute Gasteiger partial charge is 0.497 e. The Labute approximate surface area is 306 Å². The van der Waals surface area contributed by atoms with Gasteiger partial charge in [-0.05, 0) is 55.2 Å². The number of hydrogen-bond acceptors (Lipinski definition) is 8. The molecule has 4 aromatic carbocycles. The summed E-state index contributed by atoms with van der Waals surface area (Å²) in [5.74, 6) is 0.209. The number of methoxy groups -OCH3 is 4. The summed E-state index contributed by atoms with van der Waals surface area (Å²) < 4.78 is 52.4. The van der Waals surface area contributed by atoms with Gasteiger partial charge in [-0.2, -0.15) is 0 Å². The first-order chi connectivity index (χ1) is 25.1. The van der Waals surface area contributed by atoms with Crippen molar-refractivity contribution in [1.82, 2.24) is 10.2 Å². The van der Waals surface area contributed by atoms with Crippen LogP contribution in [0.4, 0.5) is 5.69 Å². The summed E-state index contributed by atoms with van der Waals surface area (Å²) in [5.41, 5.74) is 2.72. The van der Waals surface area contributed by atoms with Crippen molar-refractivity contribution in [3.63, 3.8) is 0 Å². The van der Waals surface area contributed by atoms with Crippen LogP contribution in [0.15, 0.2) is 95.9 Å². The van der Waals surface area contributed by atoms with Gasteiger partial charge >= 0.3 is 0 Å². The van der Waals surface area contributed by atoms with Crippen LogP contribution in [0.2, 0.25) is 0 Å². The number of nitrogens with zero attached hydrogens (tertiary/aromatic N) is 2. The normalized spacial score (nSPS) is 13.6. The zero-order valence-electron chi connectivity index (χ0n) is 30.3. The summed E-state index contributed by atoms with van der Waals surface area (Å²) in [7, 11) is 1.26. The van der Waals surface area contributed by atoms with Gasteiger partial charge in [-0.3, -0.25) is 13.9 Å². The van der Waals surface area contributed by atoms with Gasteiger partial charge in [-0.15, -0.1) is 0 Å². The lowest BCUT2D eigenvalue weighted by Crippen LogP contribution is -2.54. The third-order valence-electron chi connectivity index (χ3n) is 9.28. The Morgan fingerprint density at radius 1 is 0.769 bits per heavy atom. The number of rotatable bonds is 16. The van der Waals surface area contributed by atoms with Gasteiger partial charge in [0, 0.05) is 31.1 Å². The topological polar surface area (TPSA) is 124 Å². The first kappa shape index (κ1) is 38.0. The summed E-state index contributed by atoms with van der Waals surface area (Å²) >= 11 is 0. The SMILES string of the molecule is COc1ccc(OC)c(N(CC(=O)N(Cc2cccc(C)c2)[C@H](Cc2ccccc2)C(=O)NC2CCCC2)S(=O)(=O)c2ccc(OC)c(OC)c2)c1. The van der Waals surface area contributed by atoms with Crippen molar-refractivity contribution in [3.8, 4) is 23.0 Å². The average Bonchev–Trinajstić information content (AvgIpc) is 3.67. The number of ether oxygens (including phenoxy) is 4. The summed E-state index contributed by atoms with van der Waals surface area (Å²) in [6, 6.07) is 25.2. The number of aryl methyl sites for hydroxylation is 1. The molecule has 1 aliphatic carbocycles. The van der Waals surface area contributed by atoms with Gasteiger partial charge in [0.05, 0.1) is 39.0 Å². The van der Waals surface area contributed by atoms with Crippen molar-refractivity contribution in [1.29, 1.82) is 0 Å². The minimum Gasteiger partial charge on any atom is -0.497 e. The molecule has 0 spiro atoms. The molecule has 1 aliphatic rings. The van der Waals surface area contributed by atoms with Crippen LogP contribution in [0.1, 0.15) is 42.4 Å². The van der Waals surface area contributed by atoms with Gasteiger partial charge in [0.25, 0.3) is 10.0 Å². The molecule has 1 N–H and O–H groups in total. The lowest BCUT2D eigenvalue weighted by Gasteiger charge is -2.34. The molecule has 0 unspecified atom stereocenters. The Kier molecular flexibility index (Phi) is 12.7. The second-order valence-electron chi connectivity index (χ2n) is 12.8. The quantitative estimate of drug-likeness (QED) is 0.151. The van der Waals surface area contributed by atoms with Crippen LogP contribution in [0.25, 0.3) is 0 Å². The van der Waals surface area contributed by atoms with Crippen molar-refractivity contribution in [2.24, 2.45) is 0 Å². The van der Waals surface area contributed by atoms with E-state index in [-0.39, 0.29) is 47.0 Å². The van der Waals surface area contributed by atoms with E-state index in [0.717, 1.165) is 46.7 Å². The standard InChI is InChI=1S/C40H47N3O8S/c1-28-12-11-15-30(22-28)26-42(35(23-29-13-7-6-8-14-29)40(45)41-31-16-9-10-17-31)39(44)27-43(34-24-32(48-2)18-20-36(34)49-3)52(46,47)33-19-21-37(50-4)38(25-33)51-5/h6-8,11-15,18-22,24-25,31,35H,9-10,16-17,23,26-27H2,1-5H3,(H,41,45)/t35-/m1/s1. The van der Waals surface area contributed by atoms with Crippen LogP contribution >= 0.6 is 0 Å². The van der Waals surface area contributed by atoms with Crippen LogP contribution in [0.3, 0.4) is 0 Å². The minimum absolute atomic E-state index is 0.00432. The summed E-state index contributed by atoms with van der Waals surface area (Å²) in [6.07, 6.45) is 3.99. The maximum Gasteiger partial charge on any atom is 0.265 e. The number of amides is 2. The molecule has 276 valence electrons. The molecule has 0 aliphatic heterocycles. The Morgan fingerprint density at radius 2 is 1.44 bits per heavy atom. The number of nitrogens with one attached hydrogen (secondary N) is 1. The molecule has 0 aromatic heterocycles. The van der Waals surface area contributed by atoms with Gasteiger partial charge in [-0.25, -0.2) is 8.42 Å². The number of benzene rings is 4. The fraction of sp³-hybridized carbons (Fsp3) is 0.350. The molecule has 2 amide bonds. The van der Waals surface area contributed by atoms with Gasteiger partial charge < -0.3 is 29.2 Å². The van der Waals surface area contributed by atoms with E-state index in [4.69, 9.17) is 18.9 Å². The van der Waals surface area contributed by atoms with E-state index in [0.29, 0.717) is 11.5 Å². The molecule has 0 heterocycles. The molecule has 1 fully saturated rings. The molecule has 0 bridgehead atoms. The van der Waals surface area contributed by atoms with Gasteiger partial charge in [0.2, 0.25) is 11.8 Å². The molecule has 1 saturated carbocycles. The second kappa shape index (κ2) is 17.3. The Balaban J connectivity index is 1.64. The first-order valence-corrected chi connectivity index (χ1v) is 18.7. The number of carbonyl (C=O) groups is 2. The molecule has 11 nitrogen and oxygen atoms in total.